The molecule has 6 heteroatoms. The lowest BCUT2D eigenvalue weighted by atomic mass is 10.1. The molecule has 0 aliphatic carbocycles. The molecule has 0 bridgehead atoms. The van der Waals surface area contributed by atoms with Crippen LogP contribution in [-0.4, -0.2) is 21.1 Å². The van der Waals surface area contributed by atoms with E-state index in [1.54, 1.807) is 41.9 Å². The summed E-state index contributed by atoms with van der Waals surface area (Å²) in [5.41, 5.74) is 3.07. The molecule has 2 aromatic carbocycles. The van der Waals surface area contributed by atoms with Gasteiger partial charge in [-0.15, -0.1) is 11.3 Å². The van der Waals surface area contributed by atoms with Gasteiger partial charge in [0, 0.05) is 32.4 Å². The first kappa shape index (κ1) is 15.7. The third-order valence-corrected chi connectivity index (χ3v) is 5.54. The number of nitrogens with zero attached hydrogens (tertiary/aromatic N) is 2. The topological polar surface area (TPSA) is 70.7 Å². The fourth-order valence-corrected chi connectivity index (χ4v) is 4.22. The summed E-state index contributed by atoms with van der Waals surface area (Å²) in [6.07, 6.45) is 3.37. The zero-order chi connectivity index (χ0) is 18.2. The number of hydrogen-bond donors (Lipinski definition) is 2. The first-order chi connectivity index (χ1) is 13.3. The smallest absolute Gasteiger partial charge is 0.274 e. The van der Waals surface area contributed by atoms with Gasteiger partial charge in [0.2, 0.25) is 0 Å². The molecule has 0 atom stereocenters. The van der Waals surface area contributed by atoms with E-state index >= 15 is 0 Å². The van der Waals surface area contributed by atoms with Gasteiger partial charge in [-0.05, 0) is 41.8 Å². The highest BCUT2D eigenvalue weighted by Gasteiger charge is 2.13. The molecule has 27 heavy (non-hydrogen) atoms. The predicted octanol–water partition coefficient (Wildman–Crippen LogP) is 5.09. The molecule has 1 amide bonds. The summed E-state index contributed by atoms with van der Waals surface area (Å²) in [6.45, 7) is 0. The summed E-state index contributed by atoms with van der Waals surface area (Å²) in [5, 5.41) is 12.3. The van der Waals surface area contributed by atoms with Gasteiger partial charge in [-0.2, -0.15) is 5.10 Å². The number of pyridine rings is 1. The highest BCUT2D eigenvalue weighted by molar-refractivity contribution is 7.22. The van der Waals surface area contributed by atoms with Gasteiger partial charge >= 0.3 is 0 Å². The fourth-order valence-electron chi connectivity index (χ4n) is 3.13. The van der Waals surface area contributed by atoms with E-state index in [4.69, 9.17) is 0 Å². The molecule has 0 aliphatic heterocycles. The number of aromatic nitrogens is 3. The van der Waals surface area contributed by atoms with Gasteiger partial charge in [-0.1, -0.05) is 24.3 Å². The van der Waals surface area contributed by atoms with Crippen molar-refractivity contribution in [2.45, 2.75) is 0 Å². The number of amides is 1. The lowest BCUT2D eigenvalue weighted by Gasteiger charge is -2.08. The number of fused-ring (bicyclic) bond motifs is 2. The highest BCUT2D eigenvalue weighted by Crippen LogP contribution is 2.38. The number of aromatic amines is 1. The Bertz CT molecular complexity index is 1240. The molecule has 3 aromatic heterocycles. The highest BCUT2D eigenvalue weighted by atomic mass is 32.1. The van der Waals surface area contributed by atoms with Gasteiger partial charge in [0.25, 0.3) is 5.91 Å². The van der Waals surface area contributed by atoms with Crippen LogP contribution >= 0.6 is 11.3 Å². The molecule has 0 saturated heterocycles. The molecular weight excluding hydrogens is 356 g/mol. The fraction of sp³-hybridized carbons (Fsp3) is 0. The maximum Gasteiger partial charge on any atom is 0.274 e. The zero-order valence-corrected chi connectivity index (χ0v) is 15.0. The van der Waals surface area contributed by atoms with E-state index in [9.17, 15) is 4.79 Å². The van der Waals surface area contributed by atoms with E-state index in [1.165, 1.54) is 10.1 Å². The maximum absolute atomic E-state index is 12.5. The van der Waals surface area contributed by atoms with Crippen molar-refractivity contribution in [3.05, 3.63) is 78.8 Å². The number of nitrogens with one attached hydrogen (secondary N) is 2. The second-order valence-electron chi connectivity index (χ2n) is 6.18. The van der Waals surface area contributed by atoms with E-state index in [0.717, 1.165) is 21.3 Å². The van der Waals surface area contributed by atoms with Gasteiger partial charge in [0.05, 0.1) is 11.7 Å². The molecule has 0 radical (unpaired) electrons. The van der Waals surface area contributed by atoms with Crippen LogP contribution in [0.5, 0.6) is 0 Å². The molecule has 130 valence electrons. The van der Waals surface area contributed by atoms with E-state index in [0.29, 0.717) is 11.4 Å². The second kappa shape index (κ2) is 6.34. The van der Waals surface area contributed by atoms with Gasteiger partial charge in [-0.3, -0.25) is 14.9 Å². The normalized spacial score (nSPS) is 11.1. The van der Waals surface area contributed by atoms with Crippen LogP contribution < -0.4 is 5.32 Å². The number of benzene rings is 2. The van der Waals surface area contributed by atoms with Crippen molar-refractivity contribution in [3.8, 4) is 10.4 Å². The molecule has 0 aliphatic rings. The summed E-state index contributed by atoms with van der Waals surface area (Å²) in [5.74, 6) is -0.235. The standard InChI is InChI=1S/C21H14N4OS/c26-21(17-6-3-4-8-22-17)24-15-9-14-12-23-25-20(14)16(11-15)19-10-13-5-1-2-7-18(13)27-19/h1-12H,(H,23,25)(H,24,26). The first-order valence-corrected chi connectivity index (χ1v) is 9.28. The van der Waals surface area contributed by atoms with E-state index in [-0.39, 0.29) is 5.91 Å². The van der Waals surface area contributed by atoms with Crippen molar-refractivity contribution >= 4 is 43.9 Å². The Morgan fingerprint density at radius 2 is 1.89 bits per heavy atom. The minimum absolute atomic E-state index is 0.235. The van der Waals surface area contributed by atoms with E-state index < -0.39 is 0 Å². The van der Waals surface area contributed by atoms with Crippen molar-refractivity contribution in [1.82, 2.24) is 15.2 Å². The Kier molecular flexibility index (Phi) is 3.69. The third kappa shape index (κ3) is 2.86. The number of anilines is 1. The Balaban J connectivity index is 1.60. The quantitative estimate of drug-likeness (QED) is 0.465. The summed E-state index contributed by atoms with van der Waals surface area (Å²) in [4.78, 5) is 17.7. The van der Waals surface area contributed by atoms with Gasteiger partial charge < -0.3 is 5.32 Å². The minimum atomic E-state index is -0.235. The lowest BCUT2D eigenvalue weighted by Crippen LogP contribution is -2.13. The minimum Gasteiger partial charge on any atom is -0.321 e. The van der Waals surface area contributed by atoms with E-state index in [2.05, 4.69) is 38.7 Å². The number of carbonyl (C=O) groups is 1. The largest absolute Gasteiger partial charge is 0.321 e. The molecular formula is C21H14N4OS. The Morgan fingerprint density at radius 1 is 1.00 bits per heavy atom. The summed E-state index contributed by atoms with van der Waals surface area (Å²) in [7, 11) is 0. The van der Waals surface area contributed by atoms with Crippen molar-refractivity contribution in [2.75, 3.05) is 5.32 Å². The third-order valence-electron chi connectivity index (χ3n) is 4.40. The SMILES string of the molecule is O=C(Nc1cc(-c2cc3ccccc3s2)c2[nH]ncc2c1)c1ccccn1. The van der Waals surface area contributed by atoms with Crippen LogP contribution in [0.2, 0.25) is 0 Å². The molecule has 0 fully saturated rings. The average Bonchev–Trinajstić information content (AvgIpc) is 3.34. The summed E-state index contributed by atoms with van der Waals surface area (Å²) in [6, 6.07) is 19.6. The Morgan fingerprint density at radius 3 is 2.74 bits per heavy atom. The van der Waals surface area contributed by atoms with Crippen LogP contribution in [0.3, 0.4) is 0 Å². The first-order valence-electron chi connectivity index (χ1n) is 8.46. The summed E-state index contributed by atoms with van der Waals surface area (Å²) >= 11 is 1.72. The maximum atomic E-state index is 12.5. The van der Waals surface area contributed by atoms with Crippen LogP contribution in [-0.2, 0) is 0 Å². The zero-order valence-electron chi connectivity index (χ0n) is 14.1. The van der Waals surface area contributed by atoms with Gasteiger partial charge in [0.1, 0.15) is 5.69 Å². The molecule has 2 N–H and O–H groups in total. The number of rotatable bonds is 3. The average molecular weight is 370 g/mol. The molecule has 0 spiro atoms. The number of H-pyrrole nitrogens is 1. The molecule has 0 saturated carbocycles. The molecule has 3 heterocycles. The monoisotopic (exact) mass is 370 g/mol. The van der Waals surface area contributed by atoms with Crippen LogP contribution in [0.25, 0.3) is 31.4 Å². The molecule has 5 nitrogen and oxygen atoms in total. The van der Waals surface area contributed by atoms with Gasteiger partial charge in [-0.25, -0.2) is 0 Å². The van der Waals surface area contributed by atoms with Crippen molar-refractivity contribution in [1.29, 1.82) is 0 Å². The summed E-state index contributed by atoms with van der Waals surface area (Å²) < 4.78 is 1.23. The van der Waals surface area contributed by atoms with E-state index in [1.807, 2.05) is 24.3 Å². The van der Waals surface area contributed by atoms with Crippen LogP contribution in [0.4, 0.5) is 5.69 Å². The Labute approximate surface area is 158 Å². The van der Waals surface area contributed by atoms with Crippen LogP contribution in [0, 0.1) is 0 Å². The lowest BCUT2D eigenvalue weighted by molar-refractivity contribution is 0.102. The number of hydrogen-bond acceptors (Lipinski definition) is 4. The van der Waals surface area contributed by atoms with Crippen LogP contribution in [0.15, 0.2) is 73.1 Å². The molecule has 5 aromatic rings. The molecule has 5 rings (SSSR count). The number of carbonyl (C=O) groups excluding carboxylic acids is 1. The van der Waals surface area contributed by atoms with Crippen LogP contribution in [0.1, 0.15) is 10.5 Å². The predicted molar refractivity (Wildman–Crippen MR) is 109 cm³/mol. The number of thiophene rings is 1. The Hall–Kier alpha value is -3.51. The second-order valence-corrected chi connectivity index (χ2v) is 7.26. The molecule has 0 unspecified atom stereocenters. The van der Waals surface area contributed by atoms with Gasteiger partial charge in [0.15, 0.2) is 0 Å². The van der Waals surface area contributed by atoms with Crippen molar-refractivity contribution in [3.63, 3.8) is 0 Å². The van der Waals surface area contributed by atoms with Crippen molar-refractivity contribution in [2.24, 2.45) is 0 Å². The van der Waals surface area contributed by atoms with Crippen molar-refractivity contribution < 1.29 is 4.79 Å².